The molecule has 2 rings (SSSR count). The van der Waals surface area contributed by atoms with Crippen molar-refractivity contribution in [3.8, 4) is 0 Å². The third kappa shape index (κ3) is 5.96. The molecule has 2 amide bonds. The Morgan fingerprint density at radius 2 is 2.00 bits per heavy atom. The third-order valence-corrected chi connectivity index (χ3v) is 5.11. The highest BCUT2D eigenvalue weighted by atomic mass is 35.5. The molecule has 0 aliphatic carbocycles. The Balaban J connectivity index is 0.00000264. The molecule has 134 valence electrons. The molecule has 1 unspecified atom stereocenters. The van der Waals surface area contributed by atoms with E-state index in [9.17, 15) is 9.59 Å². The molecule has 2 aliphatic heterocycles. The van der Waals surface area contributed by atoms with Crippen LogP contribution < -0.4 is 10.6 Å². The minimum absolute atomic E-state index is 0. The molecule has 0 aromatic carbocycles. The summed E-state index contributed by atoms with van der Waals surface area (Å²) < 4.78 is 0. The van der Waals surface area contributed by atoms with Crippen LogP contribution in [0.4, 0.5) is 0 Å². The minimum Gasteiger partial charge on any atom is -0.355 e. The molecule has 0 saturated carbocycles. The van der Waals surface area contributed by atoms with Crippen LogP contribution in [0.1, 0.15) is 52.4 Å². The Hall–Kier alpha value is -0.810. The zero-order chi connectivity index (χ0) is 16.0. The lowest BCUT2D eigenvalue weighted by atomic mass is 9.81. The molecule has 2 N–H and O–H groups in total. The van der Waals surface area contributed by atoms with E-state index in [0.717, 1.165) is 58.3 Å². The van der Waals surface area contributed by atoms with Gasteiger partial charge in [-0.15, -0.1) is 12.4 Å². The molecule has 2 saturated heterocycles. The van der Waals surface area contributed by atoms with Gasteiger partial charge in [-0.25, -0.2) is 0 Å². The summed E-state index contributed by atoms with van der Waals surface area (Å²) in [5, 5.41) is 6.51. The van der Waals surface area contributed by atoms with Gasteiger partial charge in [0, 0.05) is 26.1 Å². The number of carbonyl (C=O) groups excluding carboxylic acids is 2. The zero-order valence-corrected chi connectivity index (χ0v) is 15.3. The molecule has 0 aromatic rings. The molecule has 0 bridgehead atoms. The SMILES string of the molecule is CCCC(=O)N1CCCC(C(=O)NCC2(C)CCNCC2)C1.Cl. The van der Waals surface area contributed by atoms with E-state index in [0.29, 0.717) is 13.0 Å². The predicted octanol–water partition coefficient (Wildman–Crippen LogP) is 1.95. The largest absolute Gasteiger partial charge is 0.355 e. The maximum Gasteiger partial charge on any atom is 0.224 e. The average molecular weight is 346 g/mol. The smallest absolute Gasteiger partial charge is 0.224 e. The topological polar surface area (TPSA) is 61.4 Å². The second kappa shape index (κ2) is 9.48. The van der Waals surface area contributed by atoms with Crippen LogP contribution in [0.25, 0.3) is 0 Å². The number of rotatable bonds is 5. The second-order valence-electron chi connectivity index (χ2n) is 7.21. The van der Waals surface area contributed by atoms with Gasteiger partial charge in [-0.05, 0) is 50.6 Å². The van der Waals surface area contributed by atoms with Gasteiger partial charge in [0.05, 0.1) is 5.92 Å². The van der Waals surface area contributed by atoms with Gasteiger partial charge in [0.15, 0.2) is 0 Å². The third-order valence-electron chi connectivity index (χ3n) is 5.11. The molecule has 6 heteroatoms. The van der Waals surface area contributed by atoms with Gasteiger partial charge < -0.3 is 15.5 Å². The van der Waals surface area contributed by atoms with Crippen molar-refractivity contribution in [2.24, 2.45) is 11.3 Å². The summed E-state index contributed by atoms with van der Waals surface area (Å²) >= 11 is 0. The fourth-order valence-corrected chi connectivity index (χ4v) is 3.44. The van der Waals surface area contributed by atoms with Crippen molar-refractivity contribution in [3.05, 3.63) is 0 Å². The molecule has 0 radical (unpaired) electrons. The molecule has 2 heterocycles. The van der Waals surface area contributed by atoms with Gasteiger partial charge >= 0.3 is 0 Å². The molecule has 5 nitrogen and oxygen atoms in total. The van der Waals surface area contributed by atoms with Crippen LogP contribution in [0, 0.1) is 11.3 Å². The van der Waals surface area contributed by atoms with E-state index in [4.69, 9.17) is 0 Å². The average Bonchev–Trinajstić information content (AvgIpc) is 2.54. The van der Waals surface area contributed by atoms with Crippen LogP contribution in [-0.4, -0.2) is 49.4 Å². The Bertz CT molecular complexity index is 397. The van der Waals surface area contributed by atoms with Gasteiger partial charge in [0.25, 0.3) is 0 Å². The lowest BCUT2D eigenvalue weighted by Gasteiger charge is -2.36. The number of nitrogens with zero attached hydrogens (tertiary/aromatic N) is 1. The van der Waals surface area contributed by atoms with Crippen LogP contribution in [0.15, 0.2) is 0 Å². The van der Waals surface area contributed by atoms with Crippen molar-refractivity contribution in [2.45, 2.75) is 52.4 Å². The predicted molar refractivity (Wildman–Crippen MR) is 94.7 cm³/mol. The van der Waals surface area contributed by atoms with Crippen LogP contribution in [0.3, 0.4) is 0 Å². The van der Waals surface area contributed by atoms with Crippen molar-refractivity contribution in [3.63, 3.8) is 0 Å². The molecule has 2 fully saturated rings. The number of piperidine rings is 2. The van der Waals surface area contributed by atoms with Gasteiger partial charge in [-0.1, -0.05) is 13.8 Å². The first-order valence-corrected chi connectivity index (χ1v) is 8.80. The Labute approximate surface area is 146 Å². The van der Waals surface area contributed by atoms with E-state index in [1.807, 2.05) is 11.8 Å². The Morgan fingerprint density at radius 1 is 1.30 bits per heavy atom. The van der Waals surface area contributed by atoms with Crippen molar-refractivity contribution < 1.29 is 9.59 Å². The number of amides is 2. The maximum atomic E-state index is 12.4. The van der Waals surface area contributed by atoms with Gasteiger partial charge in [0.2, 0.25) is 11.8 Å². The molecule has 0 spiro atoms. The van der Waals surface area contributed by atoms with Crippen molar-refractivity contribution in [1.29, 1.82) is 0 Å². The van der Waals surface area contributed by atoms with Crippen molar-refractivity contribution in [1.82, 2.24) is 15.5 Å². The molecule has 23 heavy (non-hydrogen) atoms. The normalized spacial score (nSPS) is 23.7. The second-order valence-corrected chi connectivity index (χ2v) is 7.21. The standard InChI is InChI=1S/C17H31N3O2.ClH/c1-3-5-15(21)20-11-4-6-14(12-20)16(22)19-13-17(2)7-9-18-10-8-17;/h14,18H,3-13H2,1-2H3,(H,19,22);1H. The summed E-state index contributed by atoms with van der Waals surface area (Å²) in [5.74, 6) is 0.305. The Morgan fingerprint density at radius 3 is 2.65 bits per heavy atom. The first-order chi connectivity index (χ1) is 10.5. The van der Waals surface area contributed by atoms with Crippen LogP contribution >= 0.6 is 12.4 Å². The molecule has 1 atom stereocenters. The molecular weight excluding hydrogens is 314 g/mol. The summed E-state index contributed by atoms with van der Waals surface area (Å²) in [5.41, 5.74) is 0.216. The zero-order valence-electron chi connectivity index (χ0n) is 14.5. The van der Waals surface area contributed by atoms with Crippen molar-refractivity contribution in [2.75, 3.05) is 32.7 Å². The first kappa shape index (κ1) is 20.2. The minimum atomic E-state index is -0.0279. The van der Waals surface area contributed by atoms with E-state index in [-0.39, 0.29) is 35.6 Å². The highest BCUT2D eigenvalue weighted by Gasteiger charge is 2.31. The number of hydrogen-bond acceptors (Lipinski definition) is 3. The van der Waals surface area contributed by atoms with Crippen LogP contribution in [0.5, 0.6) is 0 Å². The Kier molecular flexibility index (Phi) is 8.34. The van der Waals surface area contributed by atoms with Crippen LogP contribution in [-0.2, 0) is 9.59 Å². The lowest BCUT2D eigenvalue weighted by Crippen LogP contribution is -2.48. The number of hydrogen-bond donors (Lipinski definition) is 2. The molecule has 2 aliphatic rings. The number of nitrogens with one attached hydrogen (secondary N) is 2. The quantitative estimate of drug-likeness (QED) is 0.800. The number of likely N-dealkylation sites (tertiary alicyclic amines) is 1. The fourth-order valence-electron chi connectivity index (χ4n) is 3.44. The van der Waals surface area contributed by atoms with E-state index >= 15 is 0 Å². The summed E-state index contributed by atoms with van der Waals surface area (Å²) in [6.07, 6.45) is 5.53. The van der Waals surface area contributed by atoms with Crippen LogP contribution in [0.2, 0.25) is 0 Å². The molecule has 0 aromatic heterocycles. The first-order valence-electron chi connectivity index (χ1n) is 8.80. The lowest BCUT2D eigenvalue weighted by molar-refractivity contribution is -0.135. The fraction of sp³-hybridized carbons (Fsp3) is 0.882. The summed E-state index contributed by atoms with van der Waals surface area (Å²) in [4.78, 5) is 26.3. The highest BCUT2D eigenvalue weighted by molar-refractivity contribution is 5.85. The van der Waals surface area contributed by atoms with E-state index in [1.165, 1.54) is 0 Å². The molecular formula is C17H32ClN3O2. The van der Waals surface area contributed by atoms with E-state index < -0.39 is 0 Å². The van der Waals surface area contributed by atoms with E-state index in [2.05, 4.69) is 17.6 Å². The summed E-state index contributed by atoms with van der Waals surface area (Å²) in [6.45, 7) is 8.52. The summed E-state index contributed by atoms with van der Waals surface area (Å²) in [6, 6.07) is 0. The van der Waals surface area contributed by atoms with E-state index in [1.54, 1.807) is 0 Å². The van der Waals surface area contributed by atoms with Gasteiger partial charge in [-0.3, -0.25) is 9.59 Å². The monoisotopic (exact) mass is 345 g/mol. The van der Waals surface area contributed by atoms with Crippen molar-refractivity contribution >= 4 is 24.2 Å². The number of carbonyl (C=O) groups is 2. The highest BCUT2D eigenvalue weighted by Crippen LogP contribution is 2.27. The summed E-state index contributed by atoms with van der Waals surface area (Å²) in [7, 11) is 0. The van der Waals surface area contributed by atoms with Gasteiger partial charge in [-0.2, -0.15) is 0 Å². The number of halogens is 1. The van der Waals surface area contributed by atoms with Gasteiger partial charge in [0.1, 0.15) is 0 Å². The maximum absolute atomic E-state index is 12.4.